The van der Waals surface area contributed by atoms with Gasteiger partial charge in [0, 0.05) is 31.2 Å². The first-order valence-corrected chi connectivity index (χ1v) is 8.14. The topological polar surface area (TPSA) is 21.1 Å². The second-order valence-electron chi connectivity index (χ2n) is 6.86. The van der Waals surface area contributed by atoms with Gasteiger partial charge in [-0.05, 0) is 42.9 Å². The molecule has 0 unspecified atom stereocenters. The minimum atomic E-state index is 0.744. The summed E-state index contributed by atoms with van der Waals surface area (Å²) in [4.78, 5) is 2.53. The molecular formula is C18H29N3. The molecule has 0 aliphatic heterocycles. The summed E-state index contributed by atoms with van der Waals surface area (Å²) in [5, 5.41) is 5.57. The second kappa shape index (κ2) is 6.97. The molecule has 21 heavy (non-hydrogen) atoms. The fourth-order valence-corrected chi connectivity index (χ4v) is 2.55. The lowest BCUT2D eigenvalue weighted by Gasteiger charge is -2.26. The highest BCUT2D eigenvalue weighted by molar-refractivity contribution is 5.82. The molecule has 2 aromatic rings. The molecule has 1 aromatic carbocycles. The van der Waals surface area contributed by atoms with Crippen molar-refractivity contribution in [2.75, 3.05) is 18.0 Å². The number of aromatic nitrogens is 2. The van der Waals surface area contributed by atoms with Crippen LogP contribution in [0.4, 0.5) is 5.69 Å². The van der Waals surface area contributed by atoms with E-state index in [-0.39, 0.29) is 0 Å². The third-order valence-electron chi connectivity index (χ3n) is 4.05. The fraction of sp³-hybridized carbons (Fsp3) is 0.611. The van der Waals surface area contributed by atoms with E-state index < -0.39 is 0 Å². The molecule has 0 atom stereocenters. The van der Waals surface area contributed by atoms with Crippen LogP contribution in [-0.4, -0.2) is 22.9 Å². The van der Waals surface area contributed by atoms with Gasteiger partial charge in [-0.15, -0.1) is 0 Å². The predicted molar refractivity (Wildman–Crippen MR) is 91.8 cm³/mol. The molecule has 3 heteroatoms. The van der Waals surface area contributed by atoms with Crippen LogP contribution in [0.3, 0.4) is 0 Å². The SMILES string of the molecule is CC(C)CCN(CCC(C)C)c1ccc2c(cnn2C)c1. The molecule has 0 saturated carbocycles. The van der Waals surface area contributed by atoms with Crippen LogP contribution in [-0.2, 0) is 7.05 Å². The molecule has 2 rings (SSSR count). The summed E-state index contributed by atoms with van der Waals surface area (Å²) in [6.07, 6.45) is 4.44. The Morgan fingerprint density at radius 1 is 1.05 bits per heavy atom. The largest absolute Gasteiger partial charge is 0.371 e. The van der Waals surface area contributed by atoms with Gasteiger partial charge in [0.25, 0.3) is 0 Å². The molecule has 0 aliphatic carbocycles. The van der Waals surface area contributed by atoms with Crippen LogP contribution in [0, 0.1) is 11.8 Å². The van der Waals surface area contributed by atoms with Crippen LogP contribution in [0.15, 0.2) is 24.4 Å². The summed E-state index contributed by atoms with van der Waals surface area (Å²) in [7, 11) is 2.00. The Morgan fingerprint density at radius 3 is 2.24 bits per heavy atom. The normalized spacial score (nSPS) is 11.8. The number of anilines is 1. The van der Waals surface area contributed by atoms with E-state index in [1.54, 1.807) is 0 Å². The molecule has 3 nitrogen and oxygen atoms in total. The first-order valence-electron chi connectivity index (χ1n) is 8.14. The van der Waals surface area contributed by atoms with Gasteiger partial charge in [0.05, 0.1) is 11.7 Å². The highest BCUT2D eigenvalue weighted by Gasteiger charge is 2.10. The van der Waals surface area contributed by atoms with E-state index in [0.717, 1.165) is 24.9 Å². The van der Waals surface area contributed by atoms with Crippen molar-refractivity contribution in [3.05, 3.63) is 24.4 Å². The molecule has 1 aromatic heterocycles. The van der Waals surface area contributed by atoms with Gasteiger partial charge in [-0.2, -0.15) is 5.10 Å². The van der Waals surface area contributed by atoms with Crippen molar-refractivity contribution in [3.63, 3.8) is 0 Å². The highest BCUT2D eigenvalue weighted by Crippen LogP contribution is 2.23. The quantitative estimate of drug-likeness (QED) is 0.749. The van der Waals surface area contributed by atoms with Crippen LogP contribution in [0.5, 0.6) is 0 Å². The lowest BCUT2D eigenvalue weighted by atomic mass is 10.1. The zero-order chi connectivity index (χ0) is 15.4. The highest BCUT2D eigenvalue weighted by atomic mass is 15.2. The van der Waals surface area contributed by atoms with Crippen LogP contribution in [0.2, 0.25) is 0 Å². The third kappa shape index (κ3) is 4.23. The van der Waals surface area contributed by atoms with Crippen molar-refractivity contribution >= 4 is 16.6 Å². The maximum Gasteiger partial charge on any atom is 0.0680 e. The molecule has 0 spiro atoms. The average molecular weight is 287 g/mol. The number of nitrogens with zero attached hydrogens (tertiary/aromatic N) is 3. The average Bonchev–Trinajstić information content (AvgIpc) is 2.79. The molecule has 1 heterocycles. The van der Waals surface area contributed by atoms with E-state index in [2.05, 4.69) is 55.9 Å². The van der Waals surface area contributed by atoms with Crippen molar-refractivity contribution in [1.82, 2.24) is 9.78 Å². The van der Waals surface area contributed by atoms with Crippen molar-refractivity contribution in [2.24, 2.45) is 18.9 Å². The number of benzene rings is 1. The standard InChI is InChI=1S/C18H29N3/c1-14(2)8-10-21(11-9-15(3)4)17-6-7-18-16(12-17)13-19-20(18)5/h6-7,12-15H,8-11H2,1-5H3. The Labute approximate surface area is 128 Å². The van der Waals surface area contributed by atoms with E-state index in [1.807, 2.05) is 17.9 Å². The Hall–Kier alpha value is -1.51. The smallest absolute Gasteiger partial charge is 0.0680 e. The van der Waals surface area contributed by atoms with E-state index >= 15 is 0 Å². The molecule has 0 amide bonds. The summed E-state index contributed by atoms with van der Waals surface area (Å²) in [5.41, 5.74) is 2.53. The van der Waals surface area contributed by atoms with Gasteiger partial charge in [0.2, 0.25) is 0 Å². The lowest BCUT2D eigenvalue weighted by Crippen LogP contribution is -2.27. The number of rotatable bonds is 7. The minimum absolute atomic E-state index is 0.744. The van der Waals surface area contributed by atoms with Gasteiger partial charge in [0.1, 0.15) is 0 Å². The van der Waals surface area contributed by atoms with Crippen LogP contribution < -0.4 is 4.90 Å². The number of hydrogen-bond acceptors (Lipinski definition) is 2. The summed E-state index contributed by atoms with van der Waals surface area (Å²) in [5.74, 6) is 1.49. The number of aryl methyl sites for hydroxylation is 1. The fourth-order valence-electron chi connectivity index (χ4n) is 2.55. The zero-order valence-electron chi connectivity index (χ0n) is 14.1. The van der Waals surface area contributed by atoms with Crippen molar-refractivity contribution in [1.29, 1.82) is 0 Å². The summed E-state index contributed by atoms with van der Waals surface area (Å²) >= 11 is 0. The van der Waals surface area contributed by atoms with Crippen LogP contribution in [0.25, 0.3) is 10.9 Å². The van der Waals surface area contributed by atoms with E-state index in [9.17, 15) is 0 Å². The van der Waals surface area contributed by atoms with Crippen molar-refractivity contribution in [2.45, 2.75) is 40.5 Å². The summed E-state index contributed by atoms with van der Waals surface area (Å²) < 4.78 is 1.94. The monoisotopic (exact) mass is 287 g/mol. The van der Waals surface area contributed by atoms with Crippen molar-refractivity contribution < 1.29 is 0 Å². The molecular weight excluding hydrogens is 258 g/mol. The van der Waals surface area contributed by atoms with Gasteiger partial charge in [0.15, 0.2) is 0 Å². The molecule has 0 fully saturated rings. The molecule has 116 valence electrons. The lowest BCUT2D eigenvalue weighted by molar-refractivity contribution is 0.535. The maximum atomic E-state index is 4.34. The maximum absolute atomic E-state index is 4.34. The Balaban J connectivity index is 2.19. The first-order chi connectivity index (χ1) is 9.97. The van der Waals surface area contributed by atoms with E-state index in [1.165, 1.54) is 29.4 Å². The van der Waals surface area contributed by atoms with Gasteiger partial charge < -0.3 is 4.90 Å². The molecule has 0 N–H and O–H groups in total. The Kier molecular flexibility index (Phi) is 5.27. The van der Waals surface area contributed by atoms with Crippen LogP contribution in [0.1, 0.15) is 40.5 Å². The Morgan fingerprint density at radius 2 is 1.67 bits per heavy atom. The van der Waals surface area contributed by atoms with Crippen LogP contribution >= 0.6 is 0 Å². The number of hydrogen-bond donors (Lipinski definition) is 0. The second-order valence-corrected chi connectivity index (χ2v) is 6.86. The number of fused-ring (bicyclic) bond motifs is 1. The Bertz CT molecular complexity index is 557. The third-order valence-corrected chi connectivity index (χ3v) is 4.05. The molecule has 0 bridgehead atoms. The van der Waals surface area contributed by atoms with Gasteiger partial charge in [-0.25, -0.2) is 0 Å². The van der Waals surface area contributed by atoms with Crippen molar-refractivity contribution in [3.8, 4) is 0 Å². The molecule has 0 aliphatic rings. The summed E-state index contributed by atoms with van der Waals surface area (Å²) in [6, 6.07) is 6.71. The van der Waals surface area contributed by atoms with Gasteiger partial charge in [-0.3, -0.25) is 4.68 Å². The minimum Gasteiger partial charge on any atom is -0.371 e. The predicted octanol–water partition coefficient (Wildman–Crippen LogP) is 4.47. The zero-order valence-corrected chi connectivity index (χ0v) is 14.1. The van der Waals surface area contributed by atoms with E-state index in [0.29, 0.717) is 0 Å². The summed E-state index contributed by atoms with van der Waals surface area (Å²) in [6.45, 7) is 11.5. The van der Waals surface area contributed by atoms with E-state index in [4.69, 9.17) is 0 Å². The molecule has 0 saturated heterocycles. The van der Waals surface area contributed by atoms with Gasteiger partial charge in [-0.1, -0.05) is 27.7 Å². The van der Waals surface area contributed by atoms with Gasteiger partial charge >= 0.3 is 0 Å². The molecule has 0 radical (unpaired) electrons. The first kappa shape index (κ1) is 15.9.